The third kappa shape index (κ3) is 4.02. The van der Waals surface area contributed by atoms with Crippen molar-refractivity contribution in [3.8, 4) is 0 Å². The second kappa shape index (κ2) is 8.89. The predicted molar refractivity (Wildman–Crippen MR) is 117 cm³/mol. The van der Waals surface area contributed by atoms with Crippen LogP contribution in [0.4, 0.5) is 5.69 Å². The van der Waals surface area contributed by atoms with E-state index in [1.165, 1.54) is 30.5 Å². The molecule has 2 aromatic carbocycles. The highest BCUT2D eigenvalue weighted by molar-refractivity contribution is 6.35. The van der Waals surface area contributed by atoms with Crippen LogP contribution in [0.15, 0.2) is 83.1 Å². The van der Waals surface area contributed by atoms with Crippen LogP contribution >= 0.6 is 0 Å². The largest absolute Gasteiger partial charge is 0.467 e. The highest BCUT2D eigenvalue weighted by Gasteiger charge is 2.41. The second-order valence-electron chi connectivity index (χ2n) is 7.30. The maximum absolute atomic E-state index is 13.4. The Morgan fingerprint density at radius 1 is 0.969 bits per heavy atom. The number of carbonyl (C=O) groups excluding carboxylic acids is 2. The summed E-state index contributed by atoms with van der Waals surface area (Å²) >= 11 is 0. The molecular weight excluding hydrogens is 410 g/mol. The average molecular weight is 431 g/mol. The quantitative estimate of drug-likeness (QED) is 0.304. The number of nitro benzene ring substituents is 1. The first-order chi connectivity index (χ1) is 15.5. The van der Waals surface area contributed by atoms with Crippen LogP contribution in [0.2, 0.25) is 0 Å². The van der Waals surface area contributed by atoms with E-state index in [0.717, 1.165) is 10.5 Å². The van der Waals surface area contributed by atoms with Gasteiger partial charge in [0.15, 0.2) is 0 Å². The van der Waals surface area contributed by atoms with Crippen molar-refractivity contribution in [2.75, 3.05) is 6.54 Å². The van der Waals surface area contributed by atoms with Gasteiger partial charge in [0.1, 0.15) is 11.5 Å². The first kappa shape index (κ1) is 21.0. The molecule has 3 aromatic rings. The SMILES string of the molecule is CCN(Cc1ccccc1)C1=C(c2ccc([N+](=O)[O-])cc2)C(=O)N(Cc2ccco2)C1=O. The van der Waals surface area contributed by atoms with Crippen molar-refractivity contribution in [2.24, 2.45) is 0 Å². The maximum atomic E-state index is 13.4. The Hall–Kier alpha value is -4.20. The molecule has 1 aromatic heterocycles. The molecule has 1 aliphatic rings. The van der Waals surface area contributed by atoms with E-state index in [9.17, 15) is 19.7 Å². The molecule has 0 saturated heterocycles. The first-order valence-electron chi connectivity index (χ1n) is 10.2. The molecule has 32 heavy (non-hydrogen) atoms. The summed E-state index contributed by atoms with van der Waals surface area (Å²) in [6.45, 7) is 2.86. The van der Waals surface area contributed by atoms with Crippen molar-refractivity contribution in [1.82, 2.24) is 9.80 Å². The number of hydrogen-bond acceptors (Lipinski definition) is 6. The monoisotopic (exact) mass is 431 g/mol. The Kier molecular flexibility index (Phi) is 5.85. The van der Waals surface area contributed by atoms with Crippen LogP contribution < -0.4 is 0 Å². The van der Waals surface area contributed by atoms with Gasteiger partial charge in [-0.2, -0.15) is 0 Å². The number of nitrogens with zero attached hydrogens (tertiary/aromatic N) is 3. The molecule has 1 aliphatic heterocycles. The second-order valence-corrected chi connectivity index (χ2v) is 7.30. The molecule has 0 unspecified atom stereocenters. The predicted octanol–water partition coefficient (Wildman–Crippen LogP) is 3.99. The minimum Gasteiger partial charge on any atom is -0.467 e. The van der Waals surface area contributed by atoms with Crippen molar-refractivity contribution >= 4 is 23.1 Å². The molecule has 2 heterocycles. The molecule has 0 saturated carbocycles. The topological polar surface area (TPSA) is 96.9 Å². The van der Waals surface area contributed by atoms with E-state index < -0.39 is 16.7 Å². The first-order valence-corrected chi connectivity index (χ1v) is 10.2. The summed E-state index contributed by atoms with van der Waals surface area (Å²) in [6.07, 6.45) is 1.49. The number of nitro groups is 1. The Morgan fingerprint density at radius 2 is 1.69 bits per heavy atom. The zero-order chi connectivity index (χ0) is 22.7. The van der Waals surface area contributed by atoms with E-state index in [-0.39, 0.29) is 23.5 Å². The van der Waals surface area contributed by atoms with Gasteiger partial charge in [-0.15, -0.1) is 0 Å². The van der Waals surface area contributed by atoms with Crippen molar-refractivity contribution < 1.29 is 18.9 Å². The van der Waals surface area contributed by atoms with Crippen LogP contribution in [-0.4, -0.2) is 33.1 Å². The van der Waals surface area contributed by atoms with Crippen LogP contribution in [-0.2, 0) is 22.7 Å². The molecule has 8 heteroatoms. The summed E-state index contributed by atoms with van der Waals surface area (Å²) in [7, 11) is 0. The molecule has 0 bridgehead atoms. The van der Waals surface area contributed by atoms with E-state index in [1.54, 1.807) is 12.1 Å². The Balaban J connectivity index is 1.77. The lowest BCUT2D eigenvalue weighted by Crippen LogP contribution is -2.34. The van der Waals surface area contributed by atoms with Gasteiger partial charge in [0.25, 0.3) is 17.5 Å². The van der Waals surface area contributed by atoms with Gasteiger partial charge in [0, 0.05) is 25.2 Å². The number of imide groups is 1. The van der Waals surface area contributed by atoms with E-state index in [1.807, 2.05) is 42.2 Å². The normalized spacial score (nSPS) is 13.7. The average Bonchev–Trinajstić information content (AvgIpc) is 3.40. The number of rotatable bonds is 8. The Bertz CT molecular complexity index is 1170. The number of likely N-dealkylation sites (N-methyl/N-ethyl adjacent to an activating group) is 1. The molecule has 0 radical (unpaired) electrons. The van der Waals surface area contributed by atoms with Crippen LogP contribution in [0.1, 0.15) is 23.8 Å². The number of non-ortho nitro benzene ring substituents is 1. The minimum atomic E-state index is -0.502. The number of amides is 2. The number of furan rings is 1. The van der Waals surface area contributed by atoms with Crippen LogP contribution in [0.25, 0.3) is 5.57 Å². The van der Waals surface area contributed by atoms with Gasteiger partial charge in [0.2, 0.25) is 0 Å². The molecule has 0 atom stereocenters. The molecule has 2 amide bonds. The van der Waals surface area contributed by atoms with Crippen molar-refractivity contribution in [3.05, 3.63) is 106 Å². The van der Waals surface area contributed by atoms with Gasteiger partial charge >= 0.3 is 0 Å². The van der Waals surface area contributed by atoms with Gasteiger partial charge in [-0.1, -0.05) is 30.3 Å². The lowest BCUT2D eigenvalue weighted by molar-refractivity contribution is -0.384. The number of benzene rings is 2. The molecule has 4 rings (SSSR count). The molecule has 0 fully saturated rings. The fourth-order valence-electron chi connectivity index (χ4n) is 3.72. The third-order valence-corrected chi connectivity index (χ3v) is 5.32. The molecule has 0 aliphatic carbocycles. The van der Waals surface area contributed by atoms with E-state index in [2.05, 4.69) is 0 Å². The summed E-state index contributed by atoms with van der Waals surface area (Å²) in [5.41, 5.74) is 1.87. The Labute approximate surface area is 184 Å². The van der Waals surface area contributed by atoms with Gasteiger partial charge in [-0.3, -0.25) is 24.6 Å². The van der Waals surface area contributed by atoms with E-state index >= 15 is 0 Å². The lowest BCUT2D eigenvalue weighted by atomic mass is 10.0. The lowest BCUT2D eigenvalue weighted by Gasteiger charge is -2.24. The van der Waals surface area contributed by atoms with Crippen molar-refractivity contribution in [2.45, 2.75) is 20.0 Å². The van der Waals surface area contributed by atoms with Gasteiger partial charge in [-0.05, 0) is 42.3 Å². The maximum Gasteiger partial charge on any atom is 0.278 e. The summed E-state index contributed by atoms with van der Waals surface area (Å²) in [4.78, 5) is 40.4. The van der Waals surface area contributed by atoms with Gasteiger partial charge in [0.05, 0.1) is 23.3 Å². The van der Waals surface area contributed by atoms with E-state index in [0.29, 0.717) is 24.4 Å². The zero-order valence-electron chi connectivity index (χ0n) is 17.4. The zero-order valence-corrected chi connectivity index (χ0v) is 17.4. The molecule has 8 nitrogen and oxygen atoms in total. The molecule has 0 N–H and O–H groups in total. The molecule has 162 valence electrons. The Morgan fingerprint density at radius 3 is 2.28 bits per heavy atom. The fraction of sp³-hybridized carbons (Fsp3) is 0.167. The minimum absolute atomic E-state index is 0.00748. The fourth-order valence-corrected chi connectivity index (χ4v) is 3.72. The summed E-state index contributed by atoms with van der Waals surface area (Å²) in [5, 5.41) is 11.0. The smallest absolute Gasteiger partial charge is 0.278 e. The van der Waals surface area contributed by atoms with Crippen molar-refractivity contribution in [3.63, 3.8) is 0 Å². The van der Waals surface area contributed by atoms with Crippen molar-refractivity contribution in [1.29, 1.82) is 0 Å². The van der Waals surface area contributed by atoms with E-state index in [4.69, 9.17) is 4.42 Å². The third-order valence-electron chi connectivity index (χ3n) is 5.32. The molecule has 0 spiro atoms. The van der Waals surface area contributed by atoms with Gasteiger partial charge in [-0.25, -0.2) is 0 Å². The number of hydrogen-bond donors (Lipinski definition) is 0. The molecular formula is C24H21N3O5. The summed E-state index contributed by atoms with van der Waals surface area (Å²) in [5.74, 6) is -0.388. The number of carbonyl (C=O) groups is 2. The van der Waals surface area contributed by atoms with Gasteiger partial charge < -0.3 is 9.32 Å². The summed E-state index contributed by atoms with van der Waals surface area (Å²) < 4.78 is 5.34. The van der Waals surface area contributed by atoms with Crippen LogP contribution in [0.3, 0.4) is 0 Å². The van der Waals surface area contributed by atoms with Crippen LogP contribution in [0.5, 0.6) is 0 Å². The highest BCUT2D eigenvalue weighted by atomic mass is 16.6. The highest BCUT2D eigenvalue weighted by Crippen LogP contribution is 2.34. The summed E-state index contributed by atoms with van der Waals surface area (Å²) in [6, 6.07) is 18.7. The standard InChI is InChI=1S/C24H21N3O5/c1-2-25(15-17-7-4-3-5-8-17)22-21(18-10-12-19(13-11-18)27(30)31)23(28)26(24(22)29)16-20-9-6-14-32-20/h3-14H,2,15-16H2,1H3. The van der Waals surface area contributed by atoms with Crippen LogP contribution in [0, 0.1) is 10.1 Å².